The normalized spacial score (nSPS) is 10.5. The first-order chi connectivity index (χ1) is 14.3. The number of hydrogen-bond acceptors (Lipinski definition) is 4. The average Bonchev–Trinajstić information content (AvgIpc) is 3.24. The van der Waals surface area contributed by atoms with Gasteiger partial charge in [-0.25, -0.2) is 0 Å². The summed E-state index contributed by atoms with van der Waals surface area (Å²) >= 11 is 0. The Balaban J connectivity index is 1.55. The summed E-state index contributed by atoms with van der Waals surface area (Å²) in [6.45, 7) is 0.726. The molecule has 1 N–H and O–H groups in total. The van der Waals surface area contributed by atoms with Gasteiger partial charge in [0.15, 0.2) is 5.76 Å². The Bertz CT molecular complexity index is 1000. The second-order valence-electron chi connectivity index (χ2n) is 6.38. The van der Waals surface area contributed by atoms with E-state index in [0.29, 0.717) is 30.2 Å². The van der Waals surface area contributed by atoms with Crippen molar-refractivity contribution in [2.24, 2.45) is 0 Å². The molecule has 5 nitrogen and oxygen atoms in total. The van der Waals surface area contributed by atoms with Gasteiger partial charge < -0.3 is 14.6 Å². The Kier molecular flexibility index (Phi) is 5.67. The topological polar surface area (TPSA) is 64.4 Å². The number of para-hydroxylation sites is 1. The largest absolute Gasteiger partial charge is 0.492 e. The van der Waals surface area contributed by atoms with Gasteiger partial charge in [0.05, 0.1) is 6.54 Å². The Morgan fingerprint density at radius 3 is 2.07 bits per heavy atom. The van der Waals surface area contributed by atoms with Crippen LogP contribution in [0.25, 0.3) is 22.6 Å². The summed E-state index contributed by atoms with van der Waals surface area (Å²) in [7, 11) is 0. The van der Waals surface area contributed by atoms with Crippen molar-refractivity contribution < 1.29 is 14.1 Å². The molecule has 1 aromatic heterocycles. The summed E-state index contributed by atoms with van der Waals surface area (Å²) in [5.74, 6) is 0.966. The van der Waals surface area contributed by atoms with Crippen LogP contribution in [0.1, 0.15) is 10.4 Å². The smallest absolute Gasteiger partial charge is 0.257 e. The lowest BCUT2D eigenvalue weighted by molar-refractivity contribution is 0.0948. The molecule has 0 atom stereocenters. The average molecular weight is 384 g/mol. The van der Waals surface area contributed by atoms with Crippen LogP contribution in [0.15, 0.2) is 95.5 Å². The molecule has 3 aromatic carbocycles. The molecule has 0 radical (unpaired) electrons. The molecule has 144 valence electrons. The molecule has 0 aliphatic carbocycles. The maximum atomic E-state index is 13.0. The molecular formula is C24H20N2O3. The van der Waals surface area contributed by atoms with Crippen molar-refractivity contribution in [3.63, 3.8) is 0 Å². The third-order valence-electron chi connectivity index (χ3n) is 4.40. The lowest BCUT2D eigenvalue weighted by atomic mass is 10.0. The molecule has 1 amide bonds. The monoisotopic (exact) mass is 384 g/mol. The number of ether oxygens (including phenoxy) is 1. The first-order valence-corrected chi connectivity index (χ1v) is 9.39. The minimum atomic E-state index is -0.249. The number of aromatic nitrogens is 1. The minimum absolute atomic E-state index is 0.249. The van der Waals surface area contributed by atoms with E-state index in [-0.39, 0.29) is 5.91 Å². The first kappa shape index (κ1) is 18.5. The fraction of sp³-hybridized carbons (Fsp3) is 0.0833. The van der Waals surface area contributed by atoms with E-state index in [2.05, 4.69) is 10.5 Å². The summed E-state index contributed by atoms with van der Waals surface area (Å²) < 4.78 is 11.2. The predicted molar refractivity (Wildman–Crippen MR) is 112 cm³/mol. The number of carbonyl (C=O) groups excluding carboxylic acids is 1. The van der Waals surface area contributed by atoms with E-state index in [4.69, 9.17) is 9.26 Å². The number of hydrogen-bond donors (Lipinski definition) is 1. The Hall–Kier alpha value is -3.86. The number of carbonyl (C=O) groups is 1. The maximum Gasteiger partial charge on any atom is 0.257 e. The van der Waals surface area contributed by atoms with Gasteiger partial charge in [0, 0.05) is 11.1 Å². The van der Waals surface area contributed by atoms with Crippen molar-refractivity contribution in [3.8, 4) is 28.3 Å². The zero-order chi connectivity index (χ0) is 19.9. The molecule has 4 aromatic rings. The first-order valence-electron chi connectivity index (χ1n) is 9.39. The second-order valence-corrected chi connectivity index (χ2v) is 6.38. The van der Waals surface area contributed by atoms with Crippen LogP contribution in [0.2, 0.25) is 0 Å². The SMILES string of the molecule is O=C(NCCOc1ccccc1)c1c(-c2ccccc2)noc1-c1ccccc1. The zero-order valence-electron chi connectivity index (χ0n) is 15.7. The van der Waals surface area contributed by atoms with Crippen molar-refractivity contribution in [3.05, 3.63) is 96.6 Å². The van der Waals surface area contributed by atoms with Crippen molar-refractivity contribution in [2.45, 2.75) is 0 Å². The van der Waals surface area contributed by atoms with Crippen LogP contribution in [-0.4, -0.2) is 24.2 Å². The molecule has 0 aliphatic rings. The third kappa shape index (κ3) is 4.35. The van der Waals surface area contributed by atoms with Crippen LogP contribution in [0.3, 0.4) is 0 Å². The number of rotatable bonds is 7. The van der Waals surface area contributed by atoms with E-state index in [9.17, 15) is 4.79 Å². The lowest BCUT2D eigenvalue weighted by Crippen LogP contribution is -2.28. The molecule has 5 heteroatoms. The van der Waals surface area contributed by atoms with Crippen molar-refractivity contribution >= 4 is 5.91 Å². The minimum Gasteiger partial charge on any atom is -0.492 e. The van der Waals surface area contributed by atoms with E-state index < -0.39 is 0 Å². The lowest BCUT2D eigenvalue weighted by Gasteiger charge is -2.09. The van der Waals surface area contributed by atoms with Gasteiger partial charge in [-0.1, -0.05) is 84.0 Å². The van der Waals surface area contributed by atoms with Crippen LogP contribution in [0.5, 0.6) is 5.75 Å². The fourth-order valence-electron chi connectivity index (χ4n) is 3.02. The summed E-state index contributed by atoms with van der Waals surface area (Å²) in [6, 6.07) is 28.5. The highest BCUT2D eigenvalue weighted by Gasteiger charge is 2.24. The number of amides is 1. The number of nitrogens with zero attached hydrogens (tertiary/aromatic N) is 1. The maximum absolute atomic E-state index is 13.0. The standard InChI is InChI=1S/C24H20N2O3/c27-24(25-16-17-28-20-14-8-3-9-15-20)21-22(18-10-4-1-5-11-18)26-29-23(21)19-12-6-2-7-13-19/h1-15H,16-17H2,(H,25,27). The summed E-state index contributed by atoms with van der Waals surface area (Å²) in [5, 5.41) is 7.10. The number of benzene rings is 3. The molecule has 29 heavy (non-hydrogen) atoms. The van der Waals surface area contributed by atoms with Gasteiger partial charge in [-0.2, -0.15) is 0 Å². The van der Waals surface area contributed by atoms with E-state index in [0.717, 1.165) is 16.9 Å². The predicted octanol–water partition coefficient (Wildman–Crippen LogP) is 4.82. The van der Waals surface area contributed by atoms with Gasteiger partial charge in [-0.05, 0) is 12.1 Å². The van der Waals surface area contributed by atoms with Gasteiger partial charge in [0.2, 0.25) is 0 Å². The molecular weight excluding hydrogens is 364 g/mol. The Morgan fingerprint density at radius 1 is 0.828 bits per heavy atom. The molecule has 0 aliphatic heterocycles. The van der Waals surface area contributed by atoms with Crippen LogP contribution in [-0.2, 0) is 0 Å². The summed E-state index contributed by atoms with van der Waals surface area (Å²) in [5.41, 5.74) is 2.56. The Labute approximate surface area is 168 Å². The molecule has 0 bridgehead atoms. The van der Waals surface area contributed by atoms with Gasteiger partial charge in [-0.15, -0.1) is 0 Å². The summed E-state index contributed by atoms with van der Waals surface area (Å²) in [4.78, 5) is 13.0. The highest BCUT2D eigenvalue weighted by Crippen LogP contribution is 2.32. The molecule has 4 rings (SSSR count). The fourth-order valence-corrected chi connectivity index (χ4v) is 3.02. The Morgan fingerprint density at radius 2 is 1.41 bits per heavy atom. The van der Waals surface area contributed by atoms with Crippen LogP contribution in [0, 0.1) is 0 Å². The zero-order valence-corrected chi connectivity index (χ0v) is 15.7. The van der Waals surface area contributed by atoms with Gasteiger partial charge in [-0.3, -0.25) is 4.79 Å². The van der Waals surface area contributed by atoms with Gasteiger partial charge >= 0.3 is 0 Å². The highest BCUT2D eigenvalue weighted by atomic mass is 16.5. The van der Waals surface area contributed by atoms with Gasteiger partial charge in [0.1, 0.15) is 23.6 Å². The molecule has 0 saturated heterocycles. The van der Waals surface area contributed by atoms with E-state index >= 15 is 0 Å². The molecule has 0 unspecified atom stereocenters. The quantitative estimate of drug-likeness (QED) is 0.464. The molecule has 1 heterocycles. The van der Waals surface area contributed by atoms with E-state index in [1.54, 1.807) is 0 Å². The third-order valence-corrected chi connectivity index (χ3v) is 4.40. The molecule has 0 fully saturated rings. The van der Waals surface area contributed by atoms with Crippen molar-refractivity contribution in [2.75, 3.05) is 13.2 Å². The van der Waals surface area contributed by atoms with Crippen molar-refractivity contribution in [1.29, 1.82) is 0 Å². The molecule has 0 saturated carbocycles. The van der Waals surface area contributed by atoms with E-state index in [1.807, 2.05) is 91.0 Å². The molecule has 0 spiro atoms. The van der Waals surface area contributed by atoms with Crippen LogP contribution in [0.4, 0.5) is 0 Å². The van der Waals surface area contributed by atoms with Crippen molar-refractivity contribution in [1.82, 2.24) is 10.5 Å². The second kappa shape index (κ2) is 8.89. The van der Waals surface area contributed by atoms with Crippen LogP contribution >= 0.6 is 0 Å². The number of nitrogens with one attached hydrogen (secondary N) is 1. The van der Waals surface area contributed by atoms with E-state index in [1.165, 1.54) is 0 Å². The van der Waals surface area contributed by atoms with Gasteiger partial charge in [0.25, 0.3) is 5.91 Å². The summed E-state index contributed by atoms with van der Waals surface area (Å²) in [6.07, 6.45) is 0. The van der Waals surface area contributed by atoms with Crippen LogP contribution < -0.4 is 10.1 Å². The highest BCUT2D eigenvalue weighted by molar-refractivity contribution is 6.04.